The summed E-state index contributed by atoms with van der Waals surface area (Å²) in [6.45, 7) is 1.83. The van der Waals surface area contributed by atoms with E-state index in [-0.39, 0.29) is 6.61 Å². The van der Waals surface area contributed by atoms with Gasteiger partial charge in [-0.25, -0.2) is 4.21 Å². The molecule has 6 heavy (non-hydrogen) atoms. The Morgan fingerprint density at radius 2 is 2.50 bits per heavy atom. The Morgan fingerprint density at radius 1 is 2.00 bits per heavy atom. The van der Waals surface area contributed by atoms with Crippen molar-refractivity contribution in [2.24, 2.45) is 0 Å². The smallest absolute Gasteiger partial charge is 0.0841 e. The van der Waals surface area contributed by atoms with E-state index in [2.05, 4.69) is 4.18 Å². The summed E-state index contributed by atoms with van der Waals surface area (Å²) in [6.07, 6.45) is 0. The minimum atomic E-state index is -2.32. The first-order valence-corrected chi connectivity index (χ1v) is 2.50. The van der Waals surface area contributed by atoms with Crippen LogP contribution in [-0.4, -0.2) is 15.4 Å². The van der Waals surface area contributed by atoms with E-state index in [0.29, 0.717) is 0 Å². The molecule has 0 aromatic heterocycles. The highest BCUT2D eigenvalue weighted by Gasteiger charge is 1.70. The molecule has 0 N–H and O–H groups in total. The maximum Gasteiger partial charge on any atom is 0.0841 e. The van der Waals surface area contributed by atoms with Crippen LogP contribution < -0.4 is 0 Å². The minimum absolute atomic E-state index is 0.218. The summed E-state index contributed by atoms with van der Waals surface area (Å²) in [6, 6.07) is 0. The molecule has 3 nitrogen and oxygen atoms in total. The first kappa shape index (κ1) is 6.07. The maximum atomic E-state index is 9.38. The number of hydrogen-bond donors (Lipinski definition) is 0. The van der Waals surface area contributed by atoms with Gasteiger partial charge in [0, 0.05) is 0 Å². The van der Waals surface area contributed by atoms with Crippen molar-refractivity contribution in [1.29, 1.82) is 0 Å². The number of hydrogen-bond acceptors (Lipinski definition) is 3. The normalized spacial score (nSPS) is 14.3. The Balaban J connectivity index is 2.83. The predicted octanol–water partition coefficient (Wildman–Crippen LogP) is -0.183. The van der Waals surface area contributed by atoms with E-state index >= 15 is 0 Å². The van der Waals surface area contributed by atoms with Crippen LogP contribution in [0.3, 0.4) is 0 Å². The molecule has 0 amide bonds. The Hall–Kier alpha value is 0.0700. The van der Waals surface area contributed by atoms with E-state index in [1.807, 2.05) is 0 Å². The van der Waals surface area contributed by atoms with Crippen molar-refractivity contribution in [3.63, 3.8) is 0 Å². The molecule has 0 heterocycles. The van der Waals surface area contributed by atoms with Crippen LogP contribution in [0.4, 0.5) is 0 Å². The van der Waals surface area contributed by atoms with E-state index in [4.69, 9.17) is 0 Å². The summed E-state index contributed by atoms with van der Waals surface area (Å²) in [7, 11) is 0. The van der Waals surface area contributed by atoms with E-state index in [0.717, 1.165) is 0 Å². The molecular weight excluding hydrogens is 104 g/mol. The molecule has 4 heteroatoms. The van der Waals surface area contributed by atoms with Crippen LogP contribution in [-0.2, 0) is 15.5 Å². The quantitative estimate of drug-likeness (QED) is 0.462. The Labute approximate surface area is 38.8 Å². The van der Waals surface area contributed by atoms with E-state index in [1.165, 1.54) is 0 Å². The average Bonchev–Trinajstić information content (AvgIpc) is 1.35. The lowest BCUT2D eigenvalue weighted by atomic mass is 10.9. The molecule has 1 atom stereocenters. The highest BCUT2D eigenvalue weighted by molar-refractivity contribution is 7.74. The topological polar surface area (TPSA) is 49.4 Å². The van der Waals surface area contributed by atoms with E-state index in [1.54, 1.807) is 6.92 Å². The van der Waals surface area contributed by atoms with Crippen LogP contribution >= 0.6 is 0 Å². The molecule has 0 aliphatic rings. The standard InChI is InChI=1S/C2H6O3S/c1-2-5-6(3)4/h2H2,1H3,(H,3,4)/p-1. The van der Waals surface area contributed by atoms with Gasteiger partial charge in [0.1, 0.15) is 0 Å². The van der Waals surface area contributed by atoms with Gasteiger partial charge in [0.25, 0.3) is 0 Å². The van der Waals surface area contributed by atoms with Gasteiger partial charge >= 0.3 is 0 Å². The SMILES string of the molecule is CCOS(=O)[O-]. The molecule has 0 rings (SSSR count). The van der Waals surface area contributed by atoms with Crippen LogP contribution in [0, 0.1) is 0 Å². The lowest BCUT2D eigenvalue weighted by molar-refractivity contribution is 0.318. The molecule has 0 spiro atoms. The summed E-state index contributed by atoms with van der Waals surface area (Å²) in [5.41, 5.74) is 0. The maximum absolute atomic E-state index is 9.38. The van der Waals surface area contributed by atoms with Crippen molar-refractivity contribution >= 4 is 11.4 Å². The molecule has 1 unspecified atom stereocenters. The zero-order chi connectivity index (χ0) is 4.99. The summed E-state index contributed by atoms with van der Waals surface area (Å²) in [4.78, 5) is 0. The highest BCUT2D eigenvalue weighted by atomic mass is 32.2. The predicted molar refractivity (Wildman–Crippen MR) is 20.5 cm³/mol. The molecule has 38 valence electrons. The second-order valence-corrected chi connectivity index (χ2v) is 1.25. The summed E-state index contributed by atoms with van der Waals surface area (Å²) in [5.74, 6) is 0. The van der Waals surface area contributed by atoms with Crippen LogP contribution in [0.5, 0.6) is 0 Å². The van der Waals surface area contributed by atoms with Gasteiger partial charge in [-0.15, -0.1) is 0 Å². The van der Waals surface area contributed by atoms with Crippen molar-refractivity contribution in [2.75, 3.05) is 6.61 Å². The molecule has 0 aliphatic carbocycles. The summed E-state index contributed by atoms with van der Waals surface area (Å²) in [5, 5.41) is 0. The third-order valence-electron chi connectivity index (χ3n) is 0.214. The molecular formula is C2H5O3S-. The first-order chi connectivity index (χ1) is 2.77. The monoisotopic (exact) mass is 109 g/mol. The average molecular weight is 109 g/mol. The molecule has 0 saturated heterocycles. The van der Waals surface area contributed by atoms with Crippen LogP contribution in [0.25, 0.3) is 0 Å². The number of rotatable bonds is 2. The van der Waals surface area contributed by atoms with Crippen molar-refractivity contribution in [3.05, 3.63) is 0 Å². The van der Waals surface area contributed by atoms with Gasteiger partial charge in [0.15, 0.2) is 0 Å². The first-order valence-electron chi connectivity index (χ1n) is 1.50. The van der Waals surface area contributed by atoms with Gasteiger partial charge in [-0.3, -0.25) is 0 Å². The van der Waals surface area contributed by atoms with Gasteiger partial charge in [-0.2, -0.15) is 0 Å². The van der Waals surface area contributed by atoms with Gasteiger partial charge < -0.3 is 8.74 Å². The van der Waals surface area contributed by atoms with Crippen LogP contribution in [0.2, 0.25) is 0 Å². The largest absolute Gasteiger partial charge is 0.750 e. The Bertz CT molecular complexity index is 52.8. The van der Waals surface area contributed by atoms with Crippen molar-refractivity contribution in [3.8, 4) is 0 Å². The van der Waals surface area contributed by atoms with Crippen LogP contribution in [0.15, 0.2) is 0 Å². The van der Waals surface area contributed by atoms with Crippen molar-refractivity contribution < 1.29 is 12.9 Å². The van der Waals surface area contributed by atoms with Gasteiger partial charge in [-0.1, -0.05) is 0 Å². The van der Waals surface area contributed by atoms with E-state index in [9.17, 15) is 8.76 Å². The molecule has 0 aliphatic heterocycles. The molecule has 0 aromatic carbocycles. The second kappa shape index (κ2) is 3.27. The van der Waals surface area contributed by atoms with Crippen molar-refractivity contribution in [1.82, 2.24) is 0 Å². The van der Waals surface area contributed by atoms with Crippen LogP contribution in [0.1, 0.15) is 6.92 Å². The molecule has 0 aromatic rings. The fourth-order valence-electron chi connectivity index (χ4n) is 0.0962. The fourth-order valence-corrected chi connectivity index (χ4v) is 0.289. The molecule has 0 bridgehead atoms. The Morgan fingerprint density at radius 3 is 2.50 bits per heavy atom. The lowest BCUT2D eigenvalue weighted by Crippen LogP contribution is -1.92. The lowest BCUT2D eigenvalue weighted by Gasteiger charge is -1.98. The van der Waals surface area contributed by atoms with Gasteiger partial charge in [0.05, 0.1) is 18.0 Å². The van der Waals surface area contributed by atoms with Crippen molar-refractivity contribution in [2.45, 2.75) is 6.92 Å². The molecule has 0 fully saturated rings. The third kappa shape index (κ3) is 4.07. The molecule has 0 radical (unpaired) electrons. The Kier molecular flexibility index (Phi) is 3.31. The zero-order valence-electron chi connectivity index (χ0n) is 3.34. The van der Waals surface area contributed by atoms with Gasteiger partial charge in [-0.05, 0) is 6.92 Å². The zero-order valence-corrected chi connectivity index (χ0v) is 4.16. The minimum Gasteiger partial charge on any atom is -0.750 e. The molecule has 0 saturated carbocycles. The summed E-state index contributed by atoms with van der Waals surface area (Å²) < 4.78 is 22.7. The van der Waals surface area contributed by atoms with Gasteiger partial charge in [0.2, 0.25) is 0 Å². The van der Waals surface area contributed by atoms with E-state index < -0.39 is 11.4 Å². The summed E-state index contributed by atoms with van der Waals surface area (Å²) >= 11 is -2.32. The highest BCUT2D eigenvalue weighted by Crippen LogP contribution is 1.72. The second-order valence-electron chi connectivity index (χ2n) is 0.611. The third-order valence-corrected chi connectivity index (χ3v) is 0.642. The fraction of sp³-hybridized carbons (Fsp3) is 1.00.